The van der Waals surface area contributed by atoms with Gasteiger partial charge in [0.1, 0.15) is 49.3 Å². The monoisotopic (exact) mass is 623 g/mol. The van der Waals surface area contributed by atoms with Gasteiger partial charge in [0.15, 0.2) is 11.5 Å². The molecule has 43 heavy (non-hydrogen) atoms. The lowest BCUT2D eigenvalue weighted by Crippen LogP contribution is -2.41. The maximum atomic E-state index is 13.9. The van der Waals surface area contributed by atoms with Crippen molar-refractivity contribution in [1.82, 2.24) is 29.7 Å². The summed E-state index contributed by atoms with van der Waals surface area (Å²) >= 11 is 0. The molecule has 0 radical (unpaired) electrons. The third-order valence-electron chi connectivity index (χ3n) is 5.86. The number of methoxy groups -OCH3 is 1. The Morgan fingerprint density at radius 1 is 1.16 bits per heavy atom. The van der Waals surface area contributed by atoms with E-state index in [-0.39, 0.29) is 56.0 Å². The number of anilines is 1. The Labute approximate surface area is 248 Å². The number of esters is 1. The van der Waals surface area contributed by atoms with Crippen LogP contribution in [-0.4, -0.2) is 89.8 Å². The van der Waals surface area contributed by atoms with Crippen molar-refractivity contribution in [3.05, 3.63) is 40.8 Å². The molecule has 0 bridgehead atoms. The second-order valence-electron chi connectivity index (χ2n) is 9.41. The molecule has 2 heterocycles. The molecule has 236 valence electrons. The topological polar surface area (TPSA) is 211 Å². The summed E-state index contributed by atoms with van der Waals surface area (Å²) in [5.74, 6) is -0.0916. The second kappa shape index (κ2) is 16.1. The van der Waals surface area contributed by atoms with Crippen LogP contribution in [0.1, 0.15) is 20.8 Å². The van der Waals surface area contributed by atoms with E-state index < -0.39 is 43.6 Å². The van der Waals surface area contributed by atoms with Crippen molar-refractivity contribution in [2.75, 3.05) is 45.6 Å². The normalized spacial score (nSPS) is 14.9. The number of nitrogens with two attached hydrogens (primary N) is 1. The summed E-state index contributed by atoms with van der Waals surface area (Å²) in [5.41, 5.74) is 5.86. The minimum Gasteiger partial charge on any atom is -0.491 e. The minimum absolute atomic E-state index is 0.0000228. The van der Waals surface area contributed by atoms with E-state index >= 15 is 0 Å². The van der Waals surface area contributed by atoms with E-state index in [1.54, 1.807) is 31.2 Å². The number of aromatic amines is 1. The fourth-order valence-electron chi connectivity index (χ4n) is 3.86. The highest BCUT2D eigenvalue weighted by molar-refractivity contribution is 7.59. The molecule has 2 aromatic heterocycles. The molecule has 16 nitrogen and oxygen atoms in total. The van der Waals surface area contributed by atoms with Gasteiger partial charge >= 0.3 is 17.7 Å². The van der Waals surface area contributed by atoms with Crippen molar-refractivity contribution < 1.29 is 37.8 Å². The first kappa shape index (κ1) is 33.7. The average Bonchev–Trinajstić information content (AvgIpc) is 3.30. The fraction of sp³-hybridized carbons (Fsp3) is 0.500. The molecule has 1 aromatic carbocycles. The van der Waals surface area contributed by atoms with Crippen LogP contribution in [0.25, 0.3) is 11.2 Å². The number of benzene rings is 1. The van der Waals surface area contributed by atoms with Gasteiger partial charge in [0.05, 0.1) is 25.8 Å². The Hall–Kier alpha value is -3.82. The SMILES string of the molecule is CCOC(=O)C(C)NP(=O)(COC(COc1ccccc1)Cn1c(=O)[nH]c2c(N)nc(OCCOC)nc21)NC(C)C=O. The van der Waals surface area contributed by atoms with E-state index in [1.807, 2.05) is 6.07 Å². The first-order chi connectivity index (χ1) is 20.6. The first-order valence-electron chi connectivity index (χ1n) is 13.5. The van der Waals surface area contributed by atoms with Gasteiger partial charge in [-0.15, -0.1) is 0 Å². The second-order valence-corrected chi connectivity index (χ2v) is 11.7. The number of para-hydroxylation sites is 1. The minimum atomic E-state index is -3.74. The Morgan fingerprint density at radius 3 is 2.58 bits per heavy atom. The molecule has 0 amide bonds. The van der Waals surface area contributed by atoms with Crippen molar-refractivity contribution >= 4 is 36.7 Å². The lowest BCUT2D eigenvalue weighted by atomic mass is 10.3. The average molecular weight is 624 g/mol. The number of hydrogen-bond donors (Lipinski definition) is 4. The molecule has 0 aliphatic carbocycles. The molecule has 3 aromatic rings. The van der Waals surface area contributed by atoms with Gasteiger partial charge in [0.2, 0.25) is 7.44 Å². The van der Waals surface area contributed by atoms with Gasteiger partial charge in [0.25, 0.3) is 0 Å². The van der Waals surface area contributed by atoms with Crippen molar-refractivity contribution in [2.24, 2.45) is 0 Å². The standard InChI is InChI=1S/C26H38N7O9P/c1-5-39-24(35)18(3)32-43(37,31-17(2)14-34)16-42-20(15-41-19-9-7-6-8-10-19)13-33-23-21(28-26(33)36)22(27)29-25(30-23)40-12-11-38-4/h6-10,14,17-18,20H,5,11-13,15-16H2,1-4H3,(H,28,36)(H2,27,29,30)(H2,31,32,37). The van der Waals surface area contributed by atoms with Crippen LogP contribution < -0.4 is 31.1 Å². The van der Waals surface area contributed by atoms with Crippen LogP contribution in [0.2, 0.25) is 0 Å². The van der Waals surface area contributed by atoms with Crippen LogP contribution in [0.5, 0.6) is 11.8 Å². The predicted octanol–water partition coefficient (Wildman–Crippen LogP) is 1.06. The van der Waals surface area contributed by atoms with E-state index in [9.17, 15) is 18.9 Å². The lowest BCUT2D eigenvalue weighted by molar-refractivity contribution is -0.144. The van der Waals surface area contributed by atoms with Gasteiger partial charge in [-0.25, -0.2) is 15.0 Å². The van der Waals surface area contributed by atoms with Crippen molar-refractivity contribution in [3.63, 3.8) is 0 Å². The maximum absolute atomic E-state index is 13.9. The van der Waals surface area contributed by atoms with Gasteiger partial charge in [-0.3, -0.25) is 13.9 Å². The molecule has 4 atom stereocenters. The number of H-pyrrole nitrogens is 1. The molecule has 0 aliphatic rings. The van der Waals surface area contributed by atoms with Gasteiger partial charge in [-0.1, -0.05) is 18.2 Å². The molecular weight excluding hydrogens is 585 g/mol. The van der Waals surface area contributed by atoms with Gasteiger partial charge in [0, 0.05) is 7.11 Å². The summed E-state index contributed by atoms with van der Waals surface area (Å²) in [4.78, 5) is 47.6. The maximum Gasteiger partial charge on any atom is 0.327 e. The van der Waals surface area contributed by atoms with Crippen LogP contribution in [0, 0.1) is 0 Å². The Bertz CT molecular complexity index is 1450. The predicted molar refractivity (Wildman–Crippen MR) is 157 cm³/mol. The van der Waals surface area contributed by atoms with Crippen LogP contribution in [0.15, 0.2) is 35.1 Å². The van der Waals surface area contributed by atoms with Gasteiger partial charge < -0.3 is 39.2 Å². The molecule has 4 unspecified atom stereocenters. The molecule has 0 saturated carbocycles. The number of imidazole rings is 1. The molecule has 17 heteroatoms. The van der Waals surface area contributed by atoms with E-state index in [0.29, 0.717) is 12.0 Å². The smallest absolute Gasteiger partial charge is 0.327 e. The number of rotatable bonds is 19. The number of ether oxygens (including phenoxy) is 5. The van der Waals surface area contributed by atoms with Crippen LogP contribution in [0.4, 0.5) is 5.82 Å². The molecule has 0 spiro atoms. The van der Waals surface area contributed by atoms with Gasteiger partial charge in [-0.2, -0.15) is 9.97 Å². The summed E-state index contributed by atoms with van der Waals surface area (Å²) < 4.78 is 42.6. The zero-order chi connectivity index (χ0) is 31.4. The largest absolute Gasteiger partial charge is 0.491 e. The number of aromatic nitrogens is 4. The quantitative estimate of drug-likeness (QED) is 0.0637. The van der Waals surface area contributed by atoms with Crippen LogP contribution in [-0.2, 0) is 34.9 Å². The molecule has 0 saturated heterocycles. The molecule has 3 rings (SSSR count). The molecule has 0 aliphatic heterocycles. The zero-order valence-corrected chi connectivity index (χ0v) is 25.4. The van der Waals surface area contributed by atoms with Crippen LogP contribution >= 0.6 is 7.44 Å². The fourth-order valence-corrected chi connectivity index (χ4v) is 5.95. The molecule has 0 fully saturated rings. The van der Waals surface area contributed by atoms with E-state index in [0.717, 1.165) is 0 Å². The van der Waals surface area contributed by atoms with Crippen molar-refractivity contribution in [3.8, 4) is 11.8 Å². The summed E-state index contributed by atoms with van der Waals surface area (Å²) in [5, 5.41) is 5.42. The molecular formula is C26H38N7O9P. The summed E-state index contributed by atoms with van der Waals surface area (Å²) in [6, 6.07) is 7.03. The van der Waals surface area contributed by atoms with Crippen molar-refractivity contribution in [2.45, 2.75) is 45.5 Å². The third kappa shape index (κ3) is 9.86. The number of fused-ring (bicyclic) bond motifs is 1. The highest BCUT2D eigenvalue weighted by Gasteiger charge is 2.31. The molecule has 5 N–H and O–H groups in total. The third-order valence-corrected chi connectivity index (χ3v) is 8.01. The Kier molecular flexibility index (Phi) is 12.6. The number of nitrogen functional groups attached to an aromatic ring is 1. The summed E-state index contributed by atoms with van der Waals surface area (Å²) in [6.07, 6.45) is -0.786. The summed E-state index contributed by atoms with van der Waals surface area (Å²) in [6.45, 7) is 5.03. The number of hydrogen-bond acceptors (Lipinski definition) is 12. The Balaban J connectivity index is 1.90. The van der Waals surface area contributed by atoms with E-state index in [2.05, 4.69) is 25.1 Å². The van der Waals surface area contributed by atoms with Gasteiger partial charge in [-0.05, 0) is 32.9 Å². The lowest BCUT2D eigenvalue weighted by Gasteiger charge is -2.27. The zero-order valence-electron chi connectivity index (χ0n) is 24.5. The van der Waals surface area contributed by atoms with Crippen LogP contribution in [0.3, 0.4) is 0 Å². The number of aldehydes is 1. The van der Waals surface area contributed by atoms with E-state index in [1.165, 1.54) is 25.5 Å². The number of carbonyl (C=O) groups excluding carboxylic acids is 2. The highest BCUT2D eigenvalue weighted by Crippen LogP contribution is 2.38. The number of nitrogens with zero attached hydrogens (tertiary/aromatic N) is 3. The highest BCUT2D eigenvalue weighted by atomic mass is 31.2. The number of nitrogens with one attached hydrogen (secondary N) is 3. The Morgan fingerprint density at radius 2 is 1.91 bits per heavy atom. The van der Waals surface area contributed by atoms with Crippen molar-refractivity contribution in [1.29, 1.82) is 0 Å². The first-order valence-corrected chi connectivity index (χ1v) is 15.4. The number of carbonyl (C=O) groups is 2. The van der Waals surface area contributed by atoms with E-state index in [4.69, 9.17) is 29.4 Å². The summed E-state index contributed by atoms with van der Waals surface area (Å²) in [7, 11) is -2.22.